The summed E-state index contributed by atoms with van der Waals surface area (Å²) in [5.41, 5.74) is 1.03. The molecule has 0 unspecified atom stereocenters. The van der Waals surface area contributed by atoms with Gasteiger partial charge in [-0.3, -0.25) is 14.5 Å². The van der Waals surface area contributed by atoms with E-state index >= 15 is 0 Å². The monoisotopic (exact) mass is 384 g/mol. The van der Waals surface area contributed by atoms with Crippen LogP contribution in [0.3, 0.4) is 0 Å². The van der Waals surface area contributed by atoms with Crippen LogP contribution in [0.1, 0.15) is 23.2 Å². The predicted octanol–water partition coefficient (Wildman–Crippen LogP) is 2.94. The first-order valence-electron chi connectivity index (χ1n) is 9.03. The number of methoxy groups -OCH3 is 3. The van der Waals surface area contributed by atoms with Crippen molar-refractivity contribution in [2.24, 2.45) is 0 Å². The lowest BCUT2D eigenvalue weighted by Gasteiger charge is -2.29. The number of para-hydroxylation sites is 1. The maximum atomic E-state index is 13.5. The Balaban J connectivity index is 2.00. The smallest absolute Gasteiger partial charge is 0.263 e. The van der Waals surface area contributed by atoms with E-state index < -0.39 is 0 Å². The van der Waals surface area contributed by atoms with Crippen molar-refractivity contribution in [2.45, 2.75) is 12.8 Å². The van der Waals surface area contributed by atoms with Crippen LogP contribution in [-0.4, -0.2) is 51.3 Å². The van der Waals surface area contributed by atoms with E-state index in [0.717, 1.165) is 6.42 Å². The number of carbonyl (C=O) groups excluding carboxylic acids is 2. The van der Waals surface area contributed by atoms with E-state index in [2.05, 4.69) is 0 Å². The highest BCUT2D eigenvalue weighted by Crippen LogP contribution is 2.33. The lowest BCUT2D eigenvalue weighted by Crippen LogP contribution is -2.42. The number of hydrogen-bond acceptors (Lipinski definition) is 5. The summed E-state index contributed by atoms with van der Waals surface area (Å²) in [7, 11) is 4.61. The molecule has 0 aliphatic carbocycles. The van der Waals surface area contributed by atoms with Crippen LogP contribution in [0.15, 0.2) is 42.5 Å². The minimum Gasteiger partial charge on any atom is -0.497 e. The van der Waals surface area contributed by atoms with Gasteiger partial charge in [-0.25, -0.2) is 0 Å². The van der Waals surface area contributed by atoms with E-state index in [0.29, 0.717) is 41.5 Å². The van der Waals surface area contributed by atoms with E-state index in [1.807, 2.05) is 0 Å². The third-order valence-corrected chi connectivity index (χ3v) is 4.75. The van der Waals surface area contributed by atoms with Gasteiger partial charge in [0.15, 0.2) is 11.5 Å². The summed E-state index contributed by atoms with van der Waals surface area (Å²) in [6, 6.07) is 12.3. The molecule has 148 valence electrons. The second kappa shape index (κ2) is 8.65. The number of anilines is 1. The number of ether oxygens (including phenoxy) is 3. The number of hydrogen-bond donors (Lipinski definition) is 0. The molecule has 28 heavy (non-hydrogen) atoms. The summed E-state index contributed by atoms with van der Waals surface area (Å²) in [6.07, 6.45) is 1.30. The highest BCUT2D eigenvalue weighted by atomic mass is 16.5. The van der Waals surface area contributed by atoms with Gasteiger partial charge in [-0.05, 0) is 42.8 Å². The highest BCUT2D eigenvalue weighted by molar-refractivity contribution is 6.08. The summed E-state index contributed by atoms with van der Waals surface area (Å²) < 4.78 is 16.0. The summed E-state index contributed by atoms with van der Waals surface area (Å²) in [6.45, 7) is 0.804. The quantitative estimate of drug-likeness (QED) is 0.734. The van der Waals surface area contributed by atoms with Gasteiger partial charge in [0.25, 0.3) is 5.91 Å². The molecule has 2 amide bonds. The van der Waals surface area contributed by atoms with Crippen LogP contribution >= 0.6 is 0 Å². The van der Waals surface area contributed by atoms with Crippen LogP contribution in [0.25, 0.3) is 0 Å². The molecular weight excluding hydrogens is 360 g/mol. The van der Waals surface area contributed by atoms with Crippen molar-refractivity contribution in [1.82, 2.24) is 4.90 Å². The Hall–Kier alpha value is -3.22. The van der Waals surface area contributed by atoms with Crippen molar-refractivity contribution in [3.63, 3.8) is 0 Å². The third kappa shape index (κ3) is 3.88. The van der Waals surface area contributed by atoms with Crippen LogP contribution in [0.2, 0.25) is 0 Å². The zero-order chi connectivity index (χ0) is 20.1. The highest BCUT2D eigenvalue weighted by Gasteiger charge is 2.28. The van der Waals surface area contributed by atoms with Crippen molar-refractivity contribution in [2.75, 3.05) is 39.4 Å². The fourth-order valence-electron chi connectivity index (χ4n) is 3.25. The van der Waals surface area contributed by atoms with E-state index in [9.17, 15) is 9.59 Å². The Morgan fingerprint density at radius 2 is 1.79 bits per heavy atom. The molecule has 1 saturated heterocycles. The molecule has 0 spiro atoms. The van der Waals surface area contributed by atoms with Gasteiger partial charge >= 0.3 is 0 Å². The van der Waals surface area contributed by atoms with Crippen LogP contribution in [0.5, 0.6) is 17.2 Å². The number of rotatable bonds is 7. The topological polar surface area (TPSA) is 68.3 Å². The molecule has 0 N–H and O–H groups in total. The number of likely N-dealkylation sites (tertiary alicyclic amines) is 1. The van der Waals surface area contributed by atoms with E-state index in [1.54, 1.807) is 59.4 Å². The van der Waals surface area contributed by atoms with Gasteiger partial charge in [-0.1, -0.05) is 6.07 Å². The van der Waals surface area contributed by atoms with Crippen molar-refractivity contribution in [3.05, 3.63) is 48.0 Å². The van der Waals surface area contributed by atoms with Gasteiger partial charge in [-0.15, -0.1) is 0 Å². The molecule has 2 aromatic rings. The zero-order valence-corrected chi connectivity index (χ0v) is 16.3. The zero-order valence-electron chi connectivity index (χ0n) is 16.3. The van der Waals surface area contributed by atoms with E-state index in [4.69, 9.17) is 14.2 Å². The predicted molar refractivity (Wildman–Crippen MR) is 105 cm³/mol. The van der Waals surface area contributed by atoms with Gasteiger partial charge in [0.2, 0.25) is 5.91 Å². The molecule has 1 aliphatic heterocycles. The molecule has 0 aromatic heterocycles. The minimum absolute atomic E-state index is 0.0453. The van der Waals surface area contributed by atoms with Gasteiger partial charge in [0.1, 0.15) is 12.4 Å². The van der Waals surface area contributed by atoms with Crippen molar-refractivity contribution >= 4 is 17.5 Å². The molecule has 7 nitrogen and oxygen atoms in total. The molecule has 1 heterocycles. The fourth-order valence-corrected chi connectivity index (χ4v) is 3.25. The standard InChI is InChI=1S/C21H24N2O5/c1-26-16-11-9-15(10-12-16)23(14-22-13-5-8-19(22)24)21(25)17-6-4-7-18(27-2)20(17)28-3/h4,6-7,9-12H,5,8,13-14H2,1-3H3. The molecule has 0 atom stereocenters. The maximum Gasteiger partial charge on any atom is 0.263 e. The molecule has 1 fully saturated rings. The summed E-state index contributed by atoms with van der Waals surface area (Å²) in [4.78, 5) is 28.9. The molecule has 2 aromatic carbocycles. The van der Waals surface area contributed by atoms with Gasteiger partial charge in [0, 0.05) is 18.7 Å². The van der Waals surface area contributed by atoms with Crippen LogP contribution < -0.4 is 19.1 Å². The van der Waals surface area contributed by atoms with Gasteiger partial charge in [-0.2, -0.15) is 0 Å². The Labute approximate surface area is 164 Å². The SMILES string of the molecule is COc1ccc(N(CN2CCCC2=O)C(=O)c2cccc(OC)c2OC)cc1. The Morgan fingerprint density at radius 3 is 2.36 bits per heavy atom. The lowest BCUT2D eigenvalue weighted by molar-refractivity contribution is -0.127. The maximum absolute atomic E-state index is 13.5. The van der Waals surface area contributed by atoms with Crippen LogP contribution in [-0.2, 0) is 4.79 Å². The molecule has 0 saturated carbocycles. The average Bonchev–Trinajstić information content (AvgIpc) is 3.15. The lowest BCUT2D eigenvalue weighted by atomic mass is 10.1. The largest absolute Gasteiger partial charge is 0.497 e. The summed E-state index contributed by atoms with van der Waals surface area (Å²) >= 11 is 0. The Kier molecular flexibility index (Phi) is 6.03. The number of amides is 2. The first kappa shape index (κ1) is 19.5. The number of benzene rings is 2. The van der Waals surface area contributed by atoms with Crippen molar-refractivity contribution < 1.29 is 23.8 Å². The first-order chi connectivity index (χ1) is 13.6. The number of carbonyl (C=O) groups is 2. The Bertz CT molecular complexity index is 850. The molecule has 3 rings (SSSR count). The second-order valence-corrected chi connectivity index (χ2v) is 6.37. The molecule has 0 bridgehead atoms. The normalized spacial score (nSPS) is 13.4. The minimum atomic E-state index is -0.277. The van der Waals surface area contributed by atoms with Gasteiger partial charge in [0.05, 0.1) is 26.9 Å². The van der Waals surface area contributed by atoms with Crippen LogP contribution in [0, 0.1) is 0 Å². The van der Waals surface area contributed by atoms with Crippen molar-refractivity contribution in [3.8, 4) is 17.2 Å². The third-order valence-electron chi connectivity index (χ3n) is 4.75. The molecule has 7 heteroatoms. The average molecular weight is 384 g/mol. The van der Waals surface area contributed by atoms with Crippen molar-refractivity contribution in [1.29, 1.82) is 0 Å². The molecule has 0 radical (unpaired) electrons. The summed E-state index contributed by atoms with van der Waals surface area (Å²) in [5, 5.41) is 0. The van der Waals surface area contributed by atoms with E-state index in [-0.39, 0.29) is 18.5 Å². The summed E-state index contributed by atoms with van der Waals surface area (Å²) in [5.74, 6) is 1.29. The first-order valence-corrected chi connectivity index (χ1v) is 9.03. The van der Waals surface area contributed by atoms with Crippen LogP contribution in [0.4, 0.5) is 5.69 Å². The molecular formula is C21H24N2O5. The number of nitrogens with zero attached hydrogens (tertiary/aromatic N) is 2. The fraction of sp³-hybridized carbons (Fsp3) is 0.333. The van der Waals surface area contributed by atoms with Gasteiger partial charge < -0.3 is 19.1 Å². The molecule has 1 aliphatic rings. The van der Waals surface area contributed by atoms with E-state index in [1.165, 1.54) is 14.2 Å². The Morgan fingerprint density at radius 1 is 1.04 bits per heavy atom. The second-order valence-electron chi connectivity index (χ2n) is 6.37.